The van der Waals surface area contributed by atoms with Crippen LogP contribution in [0.2, 0.25) is 0 Å². The number of ether oxygens (including phenoxy) is 1. The molecule has 2 aromatic rings. The maximum absolute atomic E-state index is 13.2. The van der Waals surface area contributed by atoms with Crippen molar-refractivity contribution in [1.82, 2.24) is 0 Å². The second-order valence-corrected chi connectivity index (χ2v) is 5.47. The second-order valence-electron chi connectivity index (χ2n) is 5.47. The topological polar surface area (TPSA) is 29.5 Å². The first-order chi connectivity index (χ1) is 10.0. The van der Waals surface area contributed by atoms with Gasteiger partial charge in [0.05, 0.1) is 0 Å². The fraction of sp³-hybridized carbons (Fsp3) is 0.294. The molecule has 21 heavy (non-hydrogen) atoms. The fourth-order valence-corrected chi connectivity index (χ4v) is 2.92. The molecule has 0 saturated carbocycles. The summed E-state index contributed by atoms with van der Waals surface area (Å²) in [6, 6.07) is 10.7. The molecule has 0 amide bonds. The quantitative estimate of drug-likeness (QED) is 0.907. The Kier molecular flexibility index (Phi) is 3.64. The molecule has 1 aliphatic carbocycles. The van der Waals surface area contributed by atoms with Gasteiger partial charge in [0, 0.05) is 18.2 Å². The van der Waals surface area contributed by atoms with Crippen LogP contribution in [-0.2, 0) is 0 Å². The van der Waals surface area contributed by atoms with Crippen molar-refractivity contribution in [1.29, 1.82) is 0 Å². The largest absolute Gasteiger partial charge is 0.487 e. The van der Waals surface area contributed by atoms with E-state index >= 15 is 0 Å². The van der Waals surface area contributed by atoms with Crippen LogP contribution in [0.5, 0.6) is 5.75 Å². The highest BCUT2D eigenvalue weighted by atomic mass is 19.1. The van der Waals surface area contributed by atoms with Crippen LogP contribution >= 0.6 is 0 Å². The van der Waals surface area contributed by atoms with Crippen molar-refractivity contribution in [2.75, 3.05) is 0 Å². The molecule has 0 heterocycles. The van der Waals surface area contributed by atoms with Crippen LogP contribution in [0.3, 0.4) is 0 Å². The summed E-state index contributed by atoms with van der Waals surface area (Å²) >= 11 is 0. The van der Waals surface area contributed by atoms with Gasteiger partial charge in [-0.25, -0.2) is 8.78 Å². The Bertz CT molecular complexity index is 637. The average molecular weight is 290 g/mol. The van der Waals surface area contributed by atoms with Crippen LogP contribution in [-0.4, -0.2) is 11.2 Å². The molecule has 0 bridgehead atoms. The first-order valence-electron chi connectivity index (χ1n) is 6.94. The van der Waals surface area contributed by atoms with E-state index in [-0.39, 0.29) is 11.7 Å². The van der Waals surface area contributed by atoms with E-state index in [0.29, 0.717) is 6.42 Å². The molecule has 0 spiro atoms. The third kappa shape index (κ3) is 2.76. The predicted octanol–water partition coefficient (Wildman–Crippen LogP) is 3.95. The smallest absolute Gasteiger partial charge is 0.129 e. The van der Waals surface area contributed by atoms with Crippen LogP contribution in [0.25, 0.3) is 0 Å². The molecule has 4 heteroatoms. The number of aliphatic hydroxyl groups excluding tert-OH is 1. The Hall–Kier alpha value is -1.94. The summed E-state index contributed by atoms with van der Waals surface area (Å²) in [6.45, 7) is 2.05. The van der Waals surface area contributed by atoms with Gasteiger partial charge in [0.1, 0.15) is 29.6 Å². The molecule has 2 nitrogen and oxygen atoms in total. The van der Waals surface area contributed by atoms with Gasteiger partial charge in [0.15, 0.2) is 0 Å². The molecule has 0 fully saturated rings. The van der Waals surface area contributed by atoms with Gasteiger partial charge >= 0.3 is 0 Å². The molecule has 3 unspecified atom stereocenters. The van der Waals surface area contributed by atoms with Gasteiger partial charge in [-0.05, 0) is 23.5 Å². The van der Waals surface area contributed by atoms with Crippen LogP contribution in [0.4, 0.5) is 8.78 Å². The van der Waals surface area contributed by atoms with Gasteiger partial charge in [-0.15, -0.1) is 0 Å². The summed E-state index contributed by atoms with van der Waals surface area (Å²) in [5, 5.41) is 10.4. The Labute approximate surface area is 122 Å². The first-order valence-corrected chi connectivity index (χ1v) is 6.94. The maximum Gasteiger partial charge on any atom is 0.129 e. The number of benzene rings is 2. The minimum Gasteiger partial charge on any atom is -0.487 e. The summed E-state index contributed by atoms with van der Waals surface area (Å²) in [6.07, 6.45) is -0.726. The normalized spacial score (nSPS) is 24.5. The van der Waals surface area contributed by atoms with Gasteiger partial charge < -0.3 is 9.84 Å². The van der Waals surface area contributed by atoms with E-state index in [0.717, 1.165) is 29.3 Å². The molecule has 0 aromatic heterocycles. The molecule has 1 aliphatic rings. The van der Waals surface area contributed by atoms with Gasteiger partial charge in [-0.3, -0.25) is 0 Å². The summed E-state index contributed by atoms with van der Waals surface area (Å²) < 4.78 is 32.1. The summed E-state index contributed by atoms with van der Waals surface area (Å²) in [7, 11) is 0. The zero-order valence-electron chi connectivity index (χ0n) is 11.6. The van der Waals surface area contributed by atoms with Crippen LogP contribution in [0.1, 0.15) is 36.5 Å². The Balaban J connectivity index is 1.87. The molecule has 0 radical (unpaired) electrons. The van der Waals surface area contributed by atoms with Crippen LogP contribution in [0.15, 0.2) is 42.5 Å². The minimum atomic E-state index is -0.802. The average Bonchev–Trinajstić information content (AvgIpc) is 2.43. The molecule has 0 saturated heterocycles. The molecule has 1 N–H and O–H groups in total. The second kappa shape index (κ2) is 5.45. The van der Waals surface area contributed by atoms with E-state index in [1.165, 1.54) is 0 Å². The lowest BCUT2D eigenvalue weighted by Crippen LogP contribution is -2.32. The monoisotopic (exact) mass is 290 g/mol. The van der Waals surface area contributed by atoms with Crippen molar-refractivity contribution in [3.8, 4) is 5.75 Å². The highest BCUT2D eigenvalue weighted by Gasteiger charge is 2.33. The lowest BCUT2D eigenvalue weighted by Gasteiger charge is -2.34. The van der Waals surface area contributed by atoms with Crippen molar-refractivity contribution in [3.63, 3.8) is 0 Å². The fourth-order valence-electron chi connectivity index (χ4n) is 2.92. The number of hydrogen-bond donors (Lipinski definition) is 1. The molecule has 2 aromatic carbocycles. The standard InChI is InChI=1S/C17H16F2O2/c1-10-6-16(17(20)15-5-3-2-4-14(10)15)21-13-8-11(18)7-12(19)9-13/h2-5,7-10,16-17,20H,6H2,1H3. The number of hydrogen-bond acceptors (Lipinski definition) is 2. The summed E-state index contributed by atoms with van der Waals surface area (Å²) in [5.41, 5.74) is 1.91. The van der Waals surface area contributed by atoms with Crippen molar-refractivity contribution >= 4 is 0 Å². The number of halogens is 2. The van der Waals surface area contributed by atoms with Crippen molar-refractivity contribution < 1.29 is 18.6 Å². The SMILES string of the molecule is CC1CC(Oc2cc(F)cc(F)c2)C(O)c2ccccc21. The van der Waals surface area contributed by atoms with E-state index in [1.54, 1.807) is 0 Å². The molecule has 110 valence electrons. The van der Waals surface area contributed by atoms with E-state index in [1.807, 2.05) is 31.2 Å². The number of aliphatic hydroxyl groups is 1. The number of fused-ring (bicyclic) bond motifs is 1. The van der Waals surface area contributed by atoms with E-state index in [2.05, 4.69) is 0 Å². The Morgan fingerprint density at radius 3 is 2.33 bits per heavy atom. The predicted molar refractivity (Wildman–Crippen MR) is 75.2 cm³/mol. The molecular formula is C17H16F2O2. The van der Waals surface area contributed by atoms with Crippen LogP contribution in [0, 0.1) is 11.6 Å². The van der Waals surface area contributed by atoms with Crippen molar-refractivity contribution in [3.05, 3.63) is 65.2 Å². The van der Waals surface area contributed by atoms with E-state index in [4.69, 9.17) is 4.74 Å². The lowest BCUT2D eigenvalue weighted by molar-refractivity contribution is 0.0176. The summed E-state index contributed by atoms with van der Waals surface area (Å²) in [4.78, 5) is 0. The highest BCUT2D eigenvalue weighted by molar-refractivity contribution is 5.36. The Morgan fingerprint density at radius 2 is 1.67 bits per heavy atom. The van der Waals surface area contributed by atoms with Crippen LogP contribution < -0.4 is 4.74 Å². The zero-order chi connectivity index (χ0) is 15.0. The molecule has 3 atom stereocenters. The van der Waals surface area contributed by atoms with Gasteiger partial charge in [0.25, 0.3) is 0 Å². The number of rotatable bonds is 2. The van der Waals surface area contributed by atoms with Gasteiger partial charge in [0.2, 0.25) is 0 Å². The maximum atomic E-state index is 13.2. The third-order valence-electron chi connectivity index (χ3n) is 3.91. The van der Waals surface area contributed by atoms with Gasteiger partial charge in [-0.1, -0.05) is 31.2 Å². The minimum absolute atomic E-state index is 0.100. The van der Waals surface area contributed by atoms with E-state index < -0.39 is 23.8 Å². The highest BCUT2D eigenvalue weighted by Crippen LogP contribution is 2.39. The van der Waals surface area contributed by atoms with E-state index in [9.17, 15) is 13.9 Å². The Morgan fingerprint density at radius 1 is 1.05 bits per heavy atom. The molecule has 0 aliphatic heterocycles. The first kappa shape index (κ1) is 14.0. The molecule has 3 rings (SSSR count). The zero-order valence-corrected chi connectivity index (χ0v) is 11.6. The lowest BCUT2D eigenvalue weighted by atomic mass is 9.80. The van der Waals surface area contributed by atoms with Crippen molar-refractivity contribution in [2.45, 2.75) is 31.5 Å². The van der Waals surface area contributed by atoms with Gasteiger partial charge in [-0.2, -0.15) is 0 Å². The van der Waals surface area contributed by atoms with Crippen molar-refractivity contribution in [2.24, 2.45) is 0 Å². The third-order valence-corrected chi connectivity index (χ3v) is 3.91. The summed E-state index contributed by atoms with van der Waals surface area (Å²) in [5.74, 6) is -1.07. The molecular weight excluding hydrogens is 274 g/mol.